The molecule has 0 aromatic heterocycles. The number of carbonyl (C=O) groups excluding carboxylic acids is 3. The number of likely N-dealkylation sites (N-methyl/N-ethyl adjacent to an activating group) is 1. The fraction of sp³-hybridized carbons (Fsp3) is 0.726. The van der Waals surface area contributed by atoms with Gasteiger partial charge in [-0.25, -0.2) is 0 Å². The minimum Gasteiger partial charge on any atom is -0.545 e. The lowest BCUT2D eigenvalue weighted by Gasteiger charge is -2.26. The van der Waals surface area contributed by atoms with Crippen molar-refractivity contribution >= 4 is 17.9 Å². The van der Waals surface area contributed by atoms with Crippen LogP contribution in [-0.2, 0) is 33.3 Å². The number of carboxylic acid groups (broad SMARTS) is 1. The highest BCUT2D eigenvalue weighted by Crippen LogP contribution is 2.15. The molecule has 9 heteroatoms. The maximum Gasteiger partial charge on any atom is 0.306 e. The third-order valence-corrected chi connectivity index (χ3v) is 12.1. The Balaban J connectivity index is 4.26. The number of carbonyl (C=O) groups is 3. The molecule has 0 aliphatic rings. The molecule has 0 aliphatic carbocycles. The van der Waals surface area contributed by atoms with Gasteiger partial charge in [-0.15, -0.1) is 0 Å². The molecule has 0 aromatic carbocycles. The number of aliphatic carboxylic acids is 1. The van der Waals surface area contributed by atoms with Gasteiger partial charge in [0, 0.05) is 12.8 Å². The Bertz CT molecular complexity index is 1440. The van der Waals surface area contributed by atoms with Gasteiger partial charge < -0.3 is 33.3 Å². The molecule has 9 nitrogen and oxygen atoms in total. The van der Waals surface area contributed by atoms with E-state index in [4.69, 9.17) is 18.9 Å². The lowest BCUT2D eigenvalue weighted by molar-refractivity contribution is -0.870. The SMILES string of the molecule is CC/C=C\C/C=C\C/C=C\C/C=C\CCCCCCCCC(=O)OC(COC(=O)CCCCCCCCCCCCCC/C=C\C/C=C\C/C=C\CCCCCCC)COC(OCC[N+](C)(C)C)C(=O)[O-]. The van der Waals surface area contributed by atoms with E-state index in [-0.39, 0.29) is 38.6 Å². The van der Waals surface area contributed by atoms with Gasteiger partial charge in [0.2, 0.25) is 0 Å². The summed E-state index contributed by atoms with van der Waals surface area (Å²) < 4.78 is 22.7. The van der Waals surface area contributed by atoms with Gasteiger partial charge in [-0.05, 0) is 89.9 Å². The van der Waals surface area contributed by atoms with Crippen LogP contribution in [-0.4, -0.2) is 82.3 Å². The lowest BCUT2D eigenvalue weighted by Crippen LogP contribution is -2.44. The quantitative estimate of drug-likeness (QED) is 0.0195. The number of unbranched alkanes of at least 4 members (excludes halogenated alkanes) is 23. The first-order valence-corrected chi connectivity index (χ1v) is 28.7. The number of ether oxygens (including phenoxy) is 4. The van der Waals surface area contributed by atoms with Crippen LogP contribution < -0.4 is 5.11 Å². The molecule has 2 atom stereocenters. The standard InChI is InChI=1S/C62H107NO8/c1-6-8-10-12-14-16-18-20-22-24-26-27-28-29-30-31-32-33-35-36-38-40-42-44-46-48-50-52-59(64)69-56-58(57-70-62(61(66)67)68-55-54-63(3,4)5)71-60(65)53-51-49-47-45-43-41-39-37-34-25-23-21-19-17-15-13-11-9-7-2/h9,11,15,17-18,20-21,23-24,26,28-29,34,37,58,62H,6-8,10,12-14,16,19,22,25,27,30-33,35-36,38-57H2,1-5H3/b11-9-,17-15-,20-18-,23-21-,26-24-,29-28-,37-34-. The van der Waals surface area contributed by atoms with Crippen molar-refractivity contribution in [3.63, 3.8) is 0 Å². The normalized spacial score (nSPS) is 13.4. The summed E-state index contributed by atoms with van der Waals surface area (Å²) >= 11 is 0. The van der Waals surface area contributed by atoms with Gasteiger partial charge in [0.25, 0.3) is 0 Å². The van der Waals surface area contributed by atoms with Crippen molar-refractivity contribution in [3.8, 4) is 0 Å². The Hall–Kier alpha value is -3.53. The molecule has 71 heavy (non-hydrogen) atoms. The first-order chi connectivity index (χ1) is 34.6. The van der Waals surface area contributed by atoms with Crippen LogP contribution in [0.4, 0.5) is 0 Å². The third kappa shape index (κ3) is 54.1. The Kier molecular flexibility index (Phi) is 50.2. The number of quaternary nitrogens is 1. The zero-order valence-corrected chi connectivity index (χ0v) is 46.3. The Morgan fingerprint density at radius 1 is 0.437 bits per heavy atom. The number of hydrogen-bond acceptors (Lipinski definition) is 8. The van der Waals surface area contributed by atoms with E-state index in [0.29, 0.717) is 17.4 Å². The Morgan fingerprint density at radius 2 is 0.803 bits per heavy atom. The molecule has 0 aromatic rings. The van der Waals surface area contributed by atoms with Crippen molar-refractivity contribution in [1.82, 2.24) is 0 Å². The summed E-state index contributed by atoms with van der Waals surface area (Å²) in [4.78, 5) is 37.3. The zero-order chi connectivity index (χ0) is 52.0. The molecule has 0 aliphatic heterocycles. The summed E-state index contributed by atoms with van der Waals surface area (Å²) in [6.45, 7) is 4.60. The number of esters is 2. The largest absolute Gasteiger partial charge is 0.545 e. The zero-order valence-electron chi connectivity index (χ0n) is 46.3. The first kappa shape index (κ1) is 67.5. The smallest absolute Gasteiger partial charge is 0.306 e. The van der Waals surface area contributed by atoms with Crippen molar-refractivity contribution < 1.29 is 42.9 Å². The number of allylic oxidation sites excluding steroid dienone is 14. The molecule has 0 spiro atoms. The molecule has 0 bridgehead atoms. The summed E-state index contributed by atoms with van der Waals surface area (Å²) in [5.74, 6) is -2.31. The molecule has 0 amide bonds. The second kappa shape index (κ2) is 52.8. The van der Waals surface area contributed by atoms with Crippen molar-refractivity contribution in [3.05, 3.63) is 85.1 Å². The van der Waals surface area contributed by atoms with Crippen LogP contribution >= 0.6 is 0 Å². The molecule has 0 N–H and O–H groups in total. The minimum absolute atomic E-state index is 0.140. The maximum atomic E-state index is 12.8. The van der Waals surface area contributed by atoms with Crippen LogP contribution in [0.2, 0.25) is 0 Å². The Labute approximate surface area is 436 Å². The fourth-order valence-electron chi connectivity index (χ4n) is 7.71. The highest BCUT2D eigenvalue weighted by Gasteiger charge is 2.22. The van der Waals surface area contributed by atoms with Gasteiger partial charge in [0.05, 0.1) is 40.3 Å². The van der Waals surface area contributed by atoms with E-state index in [9.17, 15) is 19.5 Å². The van der Waals surface area contributed by atoms with Crippen LogP contribution in [0.5, 0.6) is 0 Å². The summed E-state index contributed by atoms with van der Waals surface area (Å²) in [5.41, 5.74) is 0. The second-order valence-electron chi connectivity index (χ2n) is 20.2. The van der Waals surface area contributed by atoms with Gasteiger partial charge in [0.15, 0.2) is 12.4 Å². The highest BCUT2D eigenvalue weighted by atomic mass is 16.7. The van der Waals surface area contributed by atoms with E-state index in [0.717, 1.165) is 96.3 Å². The lowest BCUT2D eigenvalue weighted by atomic mass is 10.0. The number of rotatable bonds is 52. The van der Waals surface area contributed by atoms with Gasteiger partial charge >= 0.3 is 11.9 Å². The summed E-state index contributed by atoms with van der Waals surface area (Å²) in [5, 5.41) is 11.8. The second-order valence-corrected chi connectivity index (χ2v) is 20.2. The molecule has 0 saturated heterocycles. The van der Waals surface area contributed by atoms with Crippen molar-refractivity contribution in [2.24, 2.45) is 0 Å². The highest BCUT2D eigenvalue weighted by molar-refractivity contribution is 5.70. The first-order valence-electron chi connectivity index (χ1n) is 28.7. The fourth-order valence-corrected chi connectivity index (χ4v) is 7.71. The molecule has 0 fully saturated rings. The van der Waals surface area contributed by atoms with E-state index in [1.807, 2.05) is 21.1 Å². The predicted octanol–water partition coefficient (Wildman–Crippen LogP) is 15.5. The Morgan fingerprint density at radius 3 is 1.20 bits per heavy atom. The van der Waals surface area contributed by atoms with Gasteiger partial charge in [-0.3, -0.25) is 9.59 Å². The van der Waals surface area contributed by atoms with Crippen molar-refractivity contribution in [2.45, 2.75) is 245 Å². The third-order valence-electron chi connectivity index (χ3n) is 12.1. The molecule has 0 heterocycles. The van der Waals surface area contributed by atoms with Gasteiger partial charge in [-0.2, -0.15) is 0 Å². The number of hydrogen-bond donors (Lipinski definition) is 0. The predicted molar refractivity (Wildman–Crippen MR) is 297 cm³/mol. The molecule has 0 rings (SSSR count). The average Bonchev–Trinajstić information content (AvgIpc) is 3.34. The van der Waals surface area contributed by atoms with Gasteiger partial charge in [-0.1, -0.05) is 214 Å². The molecule has 0 saturated carbocycles. The molecule has 2 unspecified atom stereocenters. The number of carboxylic acids is 1. The summed E-state index contributed by atoms with van der Waals surface area (Å²) in [6, 6.07) is 0. The molecule has 0 radical (unpaired) electrons. The van der Waals surface area contributed by atoms with E-state index in [1.165, 1.54) is 103 Å². The van der Waals surface area contributed by atoms with Crippen LogP contribution in [0.25, 0.3) is 0 Å². The van der Waals surface area contributed by atoms with E-state index in [1.54, 1.807) is 0 Å². The topological polar surface area (TPSA) is 111 Å². The molecular weight excluding hydrogens is 887 g/mol. The summed E-state index contributed by atoms with van der Waals surface area (Å²) in [6.07, 6.45) is 66.2. The monoisotopic (exact) mass is 994 g/mol. The number of nitrogens with zero attached hydrogens (tertiary/aromatic N) is 1. The van der Waals surface area contributed by atoms with Crippen LogP contribution in [0, 0.1) is 0 Å². The van der Waals surface area contributed by atoms with Crippen LogP contribution in [0.1, 0.15) is 232 Å². The summed E-state index contributed by atoms with van der Waals surface area (Å²) in [7, 11) is 5.91. The maximum absolute atomic E-state index is 12.8. The van der Waals surface area contributed by atoms with E-state index < -0.39 is 24.3 Å². The molecular formula is C62H107NO8. The minimum atomic E-state index is -1.63. The van der Waals surface area contributed by atoms with Crippen LogP contribution in [0.3, 0.4) is 0 Å². The van der Waals surface area contributed by atoms with Crippen LogP contribution in [0.15, 0.2) is 85.1 Å². The van der Waals surface area contributed by atoms with Crippen molar-refractivity contribution in [1.29, 1.82) is 0 Å². The molecule has 408 valence electrons. The van der Waals surface area contributed by atoms with Gasteiger partial charge in [0.1, 0.15) is 13.2 Å². The average molecular weight is 995 g/mol. The van der Waals surface area contributed by atoms with Crippen molar-refractivity contribution in [2.75, 3.05) is 47.5 Å². The van der Waals surface area contributed by atoms with E-state index in [2.05, 4.69) is 98.9 Å². The van der Waals surface area contributed by atoms with E-state index >= 15 is 0 Å².